The van der Waals surface area contributed by atoms with Crippen LogP contribution in [0.2, 0.25) is 0 Å². The average Bonchev–Trinajstić information content (AvgIpc) is 3.06. The second kappa shape index (κ2) is 9.17. The summed E-state index contributed by atoms with van der Waals surface area (Å²) in [6.07, 6.45) is 4.42. The molecule has 2 aromatic heterocycles. The van der Waals surface area contributed by atoms with Gasteiger partial charge in [-0.05, 0) is 38.7 Å². The molecule has 0 spiro atoms. The van der Waals surface area contributed by atoms with Crippen molar-refractivity contribution in [1.82, 2.24) is 19.8 Å². The standard InChI is InChI=1S/C19H24N4O5S/c1-3-28-14(25)9-20-17(26)16-12(2)15-18(29-16)21-11-23(19(15)27)10-13(24)22-7-5-4-6-8-22/h11H,3-10H2,1-2H3,(H,20,26). The van der Waals surface area contributed by atoms with E-state index in [1.54, 1.807) is 18.7 Å². The Bertz CT molecular complexity index is 990. The van der Waals surface area contributed by atoms with Crippen LogP contribution in [0.15, 0.2) is 11.1 Å². The summed E-state index contributed by atoms with van der Waals surface area (Å²) in [7, 11) is 0. The van der Waals surface area contributed by atoms with E-state index < -0.39 is 11.9 Å². The van der Waals surface area contributed by atoms with Crippen molar-refractivity contribution in [3.05, 3.63) is 27.1 Å². The monoisotopic (exact) mass is 420 g/mol. The van der Waals surface area contributed by atoms with Crippen LogP contribution in [0, 0.1) is 6.92 Å². The fourth-order valence-corrected chi connectivity index (χ4v) is 4.38. The van der Waals surface area contributed by atoms with Gasteiger partial charge in [0, 0.05) is 13.1 Å². The third kappa shape index (κ3) is 4.64. The van der Waals surface area contributed by atoms with Gasteiger partial charge in [0.1, 0.15) is 17.9 Å². The van der Waals surface area contributed by atoms with E-state index in [1.165, 1.54) is 10.9 Å². The normalized spacial score (nSPS) is 14.1. The van der Waals surface area contributed by atoms with Gasteiger partial charge in [-0.2, -0.15) is 0 Å². The molecule has 0 unspecified atom stereocenters. The summed E-state index contributed by atoms with van der Waals surface area (Å²) in [4.78, 5) is 56.0. The zero-order chi connectivity index (χ0) is 21.0. The smallest absolute Gasteiger partial charge is 0.325 e. The van der Waals surface area contributed by atoms with Gasteiger partial charge in [0.2, 0.25) is 5.91 Å². The molecule has 0 aromatic carbocycles. The first-order chi connectivity index (χ1) is 13.9. The molecule has 0 atom stereocenters. The van der Waals surface area contributed by atoms with Crippen LogP contribution in [0.25, 0.3) is 10.2 Å². The van der Waals surface area contributed by atoms with E-state index >= 15 is 0 Å². The Morgan fingerprint density at radius 2 is 1.97 bits per heavy atom. The number of aryl methyl sites for hydroxylation is 1. The van der Waals surface area contributed by atoms with Gasteiger partial charge in [-0.3, -0.25) is 23.7 Å². The van der Waals surface area contributed by atoms with Gasteiger partial charge in [-0.1, -0.05) is 0 Å². The van der Waals surface area contributed by atoms with Gasteiger partial charge in [0.05, 0.1) is 23.2 Å². The molecule has 9 nitrogen and oxygen atoms in total. The van der Waals surface area contributed by atoms with Crippen LogP contribution >= 0.6 is 11.3 Å². The number of ether oxygens (including phenoxy) is 1. The number of fused-ring (bicyclic) bond motifs is 1. The van der Waals surface area contributed by atoms with E-state index in [-0.39, 0.29) is 31.2 Å². The van der Waals surface area contributed by atoms with E-state index in [4.69, 9.17) is 4.74 Å². The molecule has 1 N–H and O–H groups in total. The molecule has 0 radical (unpaired) electrons. The first kappa shape index (κ1) is 21.0. The highest BCUT2D eigenvalue weighted by Crippen LogP contribution is 2.26. The molecule has 0 aliphatic carbocycles. The lowest BCUT2D eigenvalue weighted by molar-refractivity contribution is -0.141. The number of piperidine rings is 1. The topological polar surface area (TPSA) is 111 Å². The molecule has 0 saturated carbocycles. The van der Waals surface area contributed by atoms with Gasteiger partial charge in [-0.25, -0.2) is 4.98 Å². The van der Waals surface area contributed by atoms with Crippen molar-refractivity contribution in [3.8, 4) is 0 Å². The Balaban J connectivity index is 1.80. The molecule has 1 fully saturated rings. The Morgan fingerprint density at radius 1 is 1.24 bits per heavy atom. The second-order valence-corrected chi connectivity index (χ2v) is 7.84. The maximum Gasteiger partial charge on any atom is 0.325 e. The quantitative estimate of drug-likeness (QED) is 0.700. The van der Waals surface area contributed by atoms with Crippen LogP contribution in [0.3, 0.4) is 0 Å². The van der Waals surface area contributed by atoms with Crippen molar-refractivity contribution < 1.29 is 19.1 Å². The molecule has 1 aliphatic heterocycles. The molecule has 2 aromatic rings. The number of likely N-dealkylation sites (tertiary alicyclic amines) is 1. The molecule has 10 heteroatoms. The highest BCUT2D eigenvalue weighted by Gasteiger charge is 2.22. The van der Waals surface area contributed by atoms with E-state index in [1.807, 2.05) is 0 Å². The third-order valence-electron chi connectivity index (χ3n) is 4.84. The van der Waals surface area contributed by atoms with Gasteiger partial charge < -0.3 is 15.0 Å². The maximum atomic E-state index is 12.9. The second-order valence-electron chi connectivity index (χ2n) is 6.84. The van der Waals surface area contributed by atoms with Crippen molar-refractivity contribution in [2.45, 2.75) is 39.7 Å². The molecule has 3 heterocycles. The summed E-state index contributed by atoms with van der Waals surface area (Å²) in [5, 5.41) is 2.82. The number of aromatic nitrogens is 2. The number of esters is 1. The predicted molar refractivity (Wildman–Crippen MR) is 108 cm³/mol. The summed E-state index contributed by atoms with van der Waals surface area (Å²) in [5.41, 5.74) is 0.141. The largest absolute Gasteiger partial charge is 0.465 e. The number of nitrogens with zero attached hydrogens (tertiary/aromatic N) is 3. The van der Waals surface area contributed by atoms with Crippen molar-refractivity contribution in [2.75, 3.05) is 26.2 Å². The third-order valence-corrected chi connectivity index (χ3v) is 6.04. The zero-order valence-corrected chi connectivity index (χ0v) is 17.3. The van der Waals surface area contributed by atoms with Crippen molar-refractivity contribution >= 4 is 39.3 Å². The Morgan fingerprint density at radius 3 is 2.66 bits per heavy atom. The number of nitrogens with one attached hydrogen (secondary N) is 1. The first-order valence-electron chi connectivity index (χ1n) is 9.62. The van der Waals surface area contributed by atoms with Crippen LogP contribution in [0.1, 0.15) is 41.4 Å². The number of carbonyl (C=O) groups is 3. The lowest BCUT2D eigenvalue weighted by Gasteiger charge is -2.26. The first-order valence-corrected chi connectivity index (χ1v) is 10.4. The maximum absolute atomic E-state index is 12.9. The number of thiophene rings is 1. The molecule has 1 saturated heterocycles. The SMILES string of the molecule is CCOC(=O)CNC(=O)c1sc2ncn(CC(=O)N3CCCCC3)c(=O)c2c1C. The molecule has 2 amide bonds. The number of carbonyl (C=O) groups excluding carboxylic acids is 3. The van der Waals surface area contributed by atoms with Crippen LogP contribution in [-0.4, -0.2) is 58.5 Å². The van der Waals surface area contributed by atoms with Crippen LogP contribution in [-0.2, 0) is 20.9 Å². The van der Waals surface area contributed by atoms with Gasteiger partial charge in [0.15, 0.2) is 0 Å². The number of rotatable bonds is 6. The summed E-state index contributed by atoms with van der Waals surface area (Å²) < 4.78 is 6.08. The molecular weight excluding hydrogens is 396 g/mol. The Labute approximate surface area is 171 Å². The summed E-state index contributed by atoms with van der Waals surface area (Å²) in [6, 6.07) is 0. The van der Waals surface area contributed by atoms with Crippen LogP contribution in [0.5, 0.6) is 0 Å². The van der Waals surface area contributed by atoms with E-state index in [0.717, 1.165) is 30.6 Å². The number of amides is 2. The highest BCUT2D eigenvalue weighted by molar-refractivity contribution is 7.20. The minimum atomic E-state index is -0.531. The van der Waals surface area contributed by atoms with Gasteiger partial charge in [-0.15, -0.1) is 11.3 Å². The predicted octanol–water partition coefficient (Wildman–Crippen LogP) is 1.07. The molecule has 0 bridgehead atoms. The Kier molecular flexibility index (Phi) is 6.63. The van der Waals surface area contributed by atoms with Gasteiger partial charge >= 0.3 is 5.97 Å². The van der Waals surface area contributed by atoms with Crippen LogP contribution < -0.4 is 10.9 Å². The molecular formula is C19H24N4O5S. The number of hydrogen-bond acceptors (Lipinski definition) is 7. The fourth-order valence-electron chi connectivity index (χ4n) is 3.32. The summed E-state index contributed by atoms with van der Waals surface area (Å²) in [6.45, 7) is 4.69. The minimum Gasteiger partial charge on any atom is -0.465 e. The zero-order valence-electron chi connectivity index (χ0n) is 16.5. The lowest BCUT2D eigenvalue weighted by atomic mass is 10.1. The molecule has 156 valence electrons. The molecule has 3 rings (SSSR count). The van der Waals surface area contributed by atoms with Gasteiger partial charge in [0.25, 0.3) is 11.5 Å². The summed E-state index contributed by atoms with van der Waals surface area (Å²) in [5.74, 6) is -1.10. The highest BCUT2D eigenvalue weighted by atomic mass is 32.1. The lowest BCUT2D eigenvalue weighted by Crippen LogP contribution is -2.39. The van der Waals surface area contributed by atoms with Crippen molar-refractivity contribution in [2.24, 2.45) is 0 Å². The minimum absolute atomic E-state index is 0.0680. The average molecular weight is 420 g/mol. The molecule has 29 heavy (non-hydrogen) atoms. The van der Waals surface area contributed by atoms with Crippen LogP contribution in [0.4, 0.5) is 0 Å². The Hall–Kier alpha value is -2.75. The number of hydrogen-bond donors (Lipinski definition) is 1. The van der Waals surface area contributed by atoms with Crippen molar-refractivity contribution in [3.63, 3.8) is 0 Å². The van der Waals surface area contributed by atoms with E-state index in [0.29, 0.717) is 33.7 Å². The fraction of sp³-hybridized carbons (Fsp3) is 0.526. The molecule has 1 aliphatic rings. The van der Waals surface area contributed by atoms with Crippen molar-refractivity contribution in [1.29, 1.82) is 0 Å². The summed E-state index contributed by atoms with van der Waals surface area (Å²) >= 11 is 1.08. The van der Waals surface area contributed by atoms with E-state index in [2.05, 4.69) is 10.3 Å². The van der Waals surface area contributed by atoms with E-state index in [9.17, 15) is 19.2 Å².